The fraction of sp³-hybridized carbons (Fsp3) is 0.143. The number of nitro benzene ring substituents is 1. The number of thioether (sulfide) groups is 1. The maximum Gasteiger partial charge on any atom is 0.293 e. The van der Waals surface area contributed by atoms with Gasteiger partial charge < -0.3 is 9.47 Å². The Kier molecular flexibility index (Phi) is 8.50. The molecule has 0 bridgehead atoms. The Bertz CT molecular complexity index is 1440. The minimum Gasteiger partial charge on any atom is -0.493 e. The van der Waals surface area contributed by atoms with Gasteiger partial charge in [0.25, 0.3) is 16.8 Å². The number of allylic oxidation sites excluding steroid dienone is 1. The van der Waals surface area contributed by atoms with Crippen LogP contribution in [0.4, 0.5) is 10.5 Å². The van der Waals surface area contributed by atoms with Gasteiger partial charge in [0, 0.05) is 22.2 Å². The molecule has 0 aliphatic carbocycles. The number of imide groups is 1. The van der Waals surface area contributed by atoms with E-state index in [-0.39, 0.29) is 22.7 Å². The van der Waals surface area contributed by atoms with Crippen molar-refractivity contribution in [3.63, 3.8) is 0 Å². The lowest BCUT2D eigenvalue weighted by molar-refractivity contribution is -0.385. The number of benzene rings is 3. The molecule has 0 N–H and O–H groups in total. The van der Waals surface area contributed by atoms with E-state index in [1.807, 2.05) is 18.2 Å². The minimum atomic E-state index is -0.534. The fourth-order valence-corrected chi connectivity index (χ4v) is 4.87. The molecule has 194 valence electrons. The quantitative estimate of drug-likeness (QED) is 0.118. The van der Waals surface area contributed by atoms with Gasteiger partial charge in [-0.25, -0.2) is 0 Å². The number of methoxy groups -OCH3 is 1. The number of halogens is 1. The SMILES string of the molecule is C=CCc1cc(/C=C2\SC(=O)N(Cc3ccccc3[N+](=O)[O-])C2=O)cc(OC)c1OCc1ccc(Cl)cc1. The van der Waals surface area contributed by atoms with E-state index in [0.29, 0.717) is 35.1 Å². The van der Waals surface area contributed by atoms with Gasteiger partial charge in [-0.3, -0.25) is 24.6 Å². The maximum atomic E-state index is 13.1. The summed E-state index contributed by atoms with van der Waals surface area (Å²) in [4.78, 5) is 37.8. The predicted molar refractivity (Wildman–Crippen MR) is 147 cm³/mol. The van der Waals surface area contributed by atoms with Crippen LogP contribution in [0.5, 0.6) is 11.5 Å². The van der Waals surface area contributed by atoms with Gasteiger partial charge in [-0.1, -0.05) is 48.0 Å². The highest BCUT2D eigenvalue weighted by Gasteiger charge is 2.36. The lowest BCUT2D eigenvalue weighted by Gasteiger charge is -2.16. The van der Waals surface area contributed by atoms with Crippen molar-refractivity contribution in [3.8, 4) is 11.5 Å². The smallest absolute Gasteiger partial charge is 0.293 e. The molecule has 0 atom stereocenters. The molecule has 8 nitrogen and oxygen atoms in total. The molecule has 4 rings (SSSR count). The number of hydrogen-bond donors (Lipinski definition) is 0. The van der Waals surface area contributed by atoms with Crippen LogP contribution in [0.15, 0.2) is 78.2 Å². The topological polar surface area (TPSA) is 99.0 Å². The van der Waals surface area contributed by atoms with E-state index >= 15 is 0 Å². The Hall–Kier alpha value is -4.08. The molecule has 2 amide bonds. The first kappa shape index (κ1) is 27.0. The molecule has 3 aromatic rings. The highest BCUT2D eigenvalue weighted by Crippen LogP contribution is 2.38. The van der Waals surface area contributed by atoms with Crippen molar-refractivity contribution >= 4 is 46.3 Å². The zero-order valence-corrected chi connectivity index (χ0v) is 22.0. The number of nitro groups is 1. The molecule has 0 aromatic heterocycles. The standard InChI is InChI=1S/C28H23ClN2O6S/c1-3-6-20-13-19(14-24(36-2)26(20)37-17-18-9-11-22(29)12-10-18)15-25-27(32)30(28(33)38-25)16-21-7-4-5-8-23(21)31(34)35/h3-5,7-15H,1,6,16-17H2,2H3/b25-15-. The Morgan fingerprint density at radius 2 is 1.84 bits per heavy atom. The van der Waals surface area contributed by atoms with Crippen LogP contribution in [-0.2, 0) is 24.4 Å². The molecule has 0 unspecified atom stereocenters. The van der Waals surface area contributed by atoms with Gasteiger partial charge in [0.15, 0.2) is 11.5 Å². The average molecular weight is 551 g/mol. The lowest BCUT2D eigenvalue weighted by atomic mass is 10.0. The molecular weight excluding hydrogens is 528 g/mol. The van der Waals surface area contributed by atoms with Crippen LogP contribution >= 0.6 is 23.4 Å². The molecule has 0 radical (unpaired) electrons. The van der Waals surface area contributed by atoms with Crippen molar-refractivity contribution in [2.24, 2.45) is 0 Å². The maximum absolute atomic E-state index is 13.1. The summed E-state index contributed by atoms with van der Waals surface area (Å²) in [7, 11) is 1.52. The molecule has 1 heterocycles. The summed E-state index contributed by atoms with van der Waals surface area (Å²) >= 11 is 6.75. The van der Waals surface area contributed by atoms with E-state index in [2.05, 4.69) is 6.58 Å². The Balaban J connectivity index is 1.60. The Labute approximate surface area is 228 Å². The van der Waals surface area contributed by atoms with Gasteiger partial charge in [0.05, 0.1) is 23.5 Å². The summed E-state index contributed by atoms with van der Waals surface area (Å²) in [5.41, 5.74) is 2.48. The molecule has 3 aromatic carbocycles. The molecular formula is C28H23ClN2O6S. The first-order chi connectivity index (χ1) is 18.3. The molecule has 1 aliphatic rings. The van der Waals surface area contributed by atoms with Crippen LogP contribution in [0.25, 0.3) is 6.08 Å². The first-order valence-corrected chi connectivity index (χ1v) is 12.7. The van der Waals surface area contributed by atoms with Gasteiger partial charge in [-0.2, -0.15) is 0 Å². The second kappa shape index (κ2) is 12.0. The van der Waals surface area contributed by atoms with E-state index in [4.69, 9.17) is 21.1 Å². The van der Waals surface area contributed by atoms with Crippen LogP contribution in [0.2, 0.25) is 5.02 Å². The van der Waals surface area contributed by atoms with Crippen LogP contribution in [0.3, 0.4) is 0 Å². The number of carbonyl (C=O) groups is 2. The third-order valence-electron chi connectivity index (χ3n) is 5.72. The number of carbonyl (C=O) groups excluding carboxylic acids is 2. The third-order valence-corrected chi connectivity index (χ3v) is 6.88. The summed E-state index contributed by atoms with van der Waals surface area (Å²) in [5, 5.41) is 11.5. The van der Waals surface area contributed by atoms with Crippen molar-refractivity contribution in [2.45, 2.75) is 19.6 Å². The summed E-state index contributed by atoms with van der Waals surface area (Å²) in [6.45, 7) is 3.92. The van der Waals surface area contributed by atoms with E-state index in [1.54, 1.807) is 36.4 Å². The second-order valence-corrected chi connectivity index (χ2v) is 9.70. The zero-order chi connectivity index (χ0) is 27.2. The predicted octanol–water partition coefficient (Wildman–Crippen LogP) is 6.80. The molecule has 1 aliphatic heterocycles. The van der Waals surface area contributed by atoms with E-state index in [1.165, 1.54) is 25.3 Å². The Morgan fingerprint density at radius 1 is 1.11 bits per heavy atom. The minimum absolute atomic E-state index is 0.150. The average Bonchev–Trinajstić information content (AvgIpc) is 3.16. The summed E-state index contributed by atoms with van der Waals surface area (Å²) in [6.07, 6.45) is 3.81. The lowest BCUT2D eigenvalue weighted by Crippen LogP contribution is -2.27. The van der Waals surface area contributed by atoms with Crippen LogP contribution in [0.1, 0.15) is 22.3 Å². The molecule has 0 spiro atoms. The zero-order valence-electron chi connectivity index (χ0n) is 20.4. The van der Waals surface area contributed by atoms with Gasteiger partial charge in [-0.05, 0) is 59.7 Å². The second-order valence-electron chi connectivity index (χ2n) is 8.27. The Morgan fingerprint density at radius 3 is 2.53 bits per heavy atom. The number of rotatable bonds is 10. The van der Waals surface area contributed by atoms with Crippen molar-refractivity contribution in [1.29, 1.82) is 0 Å². The highest BCUT2D eigenvalue weighted by atomic mass is 35.5. The summed E-state index contributed by atoms with van der Waals surface area (Å²) in [5.74, 6) is 0.484. The summed E-state index contributed by atoms with van der Waals surface area (Å²) in [6, 6.07) is 16.9. The van der Waals surface area contributed by atoms with Crippen molar-refractivity contribution < 1.29 is 24.0 Å². The number of amides is 2. The molecule has 10 heteroatoms. The first-order valence-electron chi connectivity index (χ1n) is 11.5. The fourth-order valence-electron chi connectivity index (χ4n) is 3.91. The van der Waals surface area contributed by atoms with Gasteiger partial charge in [0.1, 0.15) is 6.61 Å². The van der Waals surface area contributed by atoms with E-state index in [0.717, 1.165) is 27.8 Å². The largest absolute Gasteiger partial charge is 0.493 e. The highest BCUT2D eigenvalue weighted by molar-refractivity contribution is 8.18. The number of para-hydroxylation sites is 1. The molecule has 38 heavy (non-hydrogen) atoms. The molecule has 0 saturated carbocycles. The van der Waals surface area contributed by atoms with Crippen LogP contribution in [0, 0.1) is 10.1 Å². The van der Waals surface area contributed by atoms with Crippen molar-refractivity contribution in [1.82, 2.24) is 4.90 Å². The monoisotopic (exact) mass is 550 g/mol. The van der Waals surface area contributed by atoms with Crippen LogP contribution in [-0.4, -0.2) is 28.1 Å². The normalized spacial score (nSPS) is 14.2. The number of nitrogens with zero attached hydrogens (tertiary/aromatic N) is 2. The van der Waals surface area contributed by atoms with Crippen molar-refractivity contribution in [2.75, 3.05) is 7.11 Å². The van der Waals surface area contributed by atoms with E-state index < -0.39 is 16.1 Å². The van der Waals surface area contributed by atoms with Gasteiger partial charge >= 0.3 is 0 Å². The van der Waals surface area contributed by atoms with Crippen molar-refractivity contribution in [3.05, 3.63) is 116 Å². The molecule has 1 saturated heterocycles. The van der Waals surface area contributed by atoms with Crippen LogP contribution < -0.4 is 9.47 Å². The van der Waals surface area contributed by atoms with Gasteiger partial charge in [0.2, 0.25) is 0 Å². The summed E-state index contributed by atoms with van der Waals surface area (Å²) < 4.78 is 11.7. The van der Waals surface area contributed by atoms with Gasteiger partial charge in [-0.15, -0.1) is 6.58 Å². The molecule has 1 fully saturated rings. The number of ether oxygens (including phenoxy) is 2. The number of hydrogen-bond acceptors (Lipinski definition) is 7. The van der Waals surface area contributed by atoms with E-state index in [9.17, 15) is 19.7 Å². The third kappa shape index (κ3) is 6.07.